The second-order valence-electron chi connectivity index (χ2n) is 29.4. The van der Waals surface area contributed by atoms with Gasteiger partial charge in [0.05, 0.1) is 82.3 Å². The Kier molecular flexibility index (Phi) is 34.5. The van der Waals surface area contributed by atoms with Crippen LogP contribution in [0.5, 0.6) is 0 Å². The van der Waals surface area contributed by atoms with Crippen molar-refractivity contribution in [1.29, 1.82) is 0 Å². The van der Waals surface area contributed by atoms with E-state index < -0.39 is 152 Å². The third kappa shape index (κ3) is 30.9. The molecule has 0 amide bonds. The van der Waals surface area contributed by atoms with E-state index in [9.17, 15) is 128 Å². The van der Waals surface area contributed by atoms with Gasteiger partial charge in [-0.2, -0.15) is 87.8 Å². The Morgan fingerprint density at radius 3 is 1.25 bits per heavy atom. The SMILES string of the molecule is C=C(C)C(=O)OC12CC3CC(C1)CC(C(=O)OC(CS(=O)(=O)[O-])C(F)(F)F)(C3)C2.C=Cc1ccc(C(=O)OC(C(F)(F)F)C(F)(F)S(=O)(=O)[O-])cc1.C=Cc1ccc(CCC(O)(C(F)(F)F)C(F)(F)F)cc1.C=Cc1ccc(COCC(O)(C(F)(F)F)C(F)(F)F)cc1.C[N+](C)(C)Cc1ccccc1.C[N+](C)(C)Cc1ccccc1. The number of esters is 3. The van der Waals surface area contributed by atoms with Crippen LogP contribution in [0.3, 0.4) is 0 Å². The van der Waals surface area contributed by atoms with Gasteiger partial charge in [0.25, 0.3) is 17.3 Å². The molecule has 0 saturated heterocycles. The molecule has 5 aromatic carbocycles. The molecule has 0 aromatic heterocycles. The molecule has 4 unspecified atom stereocenters. The highest BCUT2D eigenvalue weighted by Gasteiger charge is 2.72. The van der Waals surface area contributed by atoms with Crippen molar-refractivity contribution in [3.8, 4) is 0 Å². The highest BCUT2D eigenvalue weighted by atomic mass is 32.2. The van der Waals surface area contributed by atoms with E-state index in [-0.39, 0.29) is 42.2 Å². The van der Waals surface area contributed by atoms with Gasteiger partial charge in [0, 0.05) is 23.1 Å². The summed E-state index contributed by atoms with van der Waals surface area (Å²) in [7, 11) is 1.22. The number of hydrogen-bond donors (Lipinski definition) is 2. The van der Waals surface area contributed by atoms with Crippen molar-refractivity contribution in [1.82, 2.24) is 0 Å². The molecule has 642 valence electrons. The second kappa shape index (κ2) is 39.3. The van der Waals surface area contributed by atoms with E-state index in [1.807, 2.05) is 0 Å². The average Bonchev–Trinajstić information content (AvgIpc) is 0.714. The third-order valence-corrected chi connectivity index (χ3v) is 18.9. The van der Waals surface area contributed by atoms with Gasteiger partial charge >= 0.3 is 60.2 Å². The van der Waals surface area contributed by atoms with E-state index in [0.717, 1.165) is 46.2 Å². The van der Waals surface area contributed by atoms with Gasteiger partial charge in [-0.25, -0.2) is 26.4 Å². The summed E-state index contributed by atoms with van der Waals surface area (Å²) in [6.45, 7) is 15.1. The summed E-state index contributed by atoms with van der Waals surface area (Å²) in [5.74, 6) is -5.59. The second-order valence-corrected chi connectivity index (χ2v) is 32.3. The number of alkyl halides is 20. The minimum atomic E-state index is -6.72. The van der Waals surface area contributed by atoms with Gasteiger partial charge in [0.2, 0.25) is 6.10 Å². The number of aryl methyl sites for hydroxylation is 1. The van der Waals surface area contributed by atoms with Gasteiger partial charge in [-0.15, -0.1) is 0 Å². The molecule has 0 radical (unpaired) electrons. The van der Waals surface area contributed by atoms with E-state index in [1.54, 1.807) is 12.1 Å². The maximum Gasteiger partial charge on any atom is 0.432 e. The molecule has 2 N–H and O–H groups in total. The fourth-order valence-corrected chi connectivity index (χ4v) is 13.2. The van der Waals surface area contributed by atoms with Crippen LogP contribution in [-0.2, 0) is 74.9 Å². The van der Waals surface area contributed by atoms with Gasteiger partial charge < -0.3 is 47.2 Å². The maximum absolute atomic E-state index is 13.2. The Morgan fingerprint density at radius 1 is 0.539 bits per heavy atom. The number of ether oxygens (including phenoxy) is 4. The average molecular weight is 1710 g/mol. The Hall–Kier alpha value is -8.31. The van der Waals surface area contributed by atoms with Gasteiger partial charge in [-0.05, 0) is 104 Å². The summed E-state index contributed by atoms with van der Waals surface area (Å²) in [5, 5.41) is 12.0. The Labute approximate surface area is 651 Å². The first-order valence-electron chi connectivity index (χ1n) is 34.0. The quantitative estimate of drug-likeness (QED) is 0.0146. The van der Waals surface area contributed by atoms with Gasteiger partial charge in [0.15, 0.2) is 10.1 Å². The predicted octanol–water partition coefficient (Wildman–Crippen LogP) is 16.6. The number of benzene rings is 5. The standard InChI is InChI=1S/C18H23F3O7S.C13H12F6O2.C13H12F6O.C12H9F5O5S.2C10H16N/c1-10(2)14(22)28-17-6-11-3-12(7-17)5-16(4-11,9-17)15(23)27-13(18(19,20)21)8-29(24,25)26;1-2-9-3-5-10(6-4-9)7-21-8-11(20,12(14,15)16)13(17,18)19;1-2-9-3-5-10(6-4-9)7-8-11(20,12(14,15)16)13(17,18)19;1-2-7-3-5-8(6-4-7)9(18)22-10(11(13,14)15)12(16,17)23(19,20)21;2*1-11(2,3)9-10-7-5-4-6-8-10/h11-13H,1,3-9H2,2H3,(H,24,25,26);2-6,20H,1,7-8H2;2-6,20H,1,7-8H2;2-6,10H,1H2,(H,19,20,21);2*4-8H,9H2,1-3H3/q;;;;2*+1/p-2. The number of carbonyl (C=O) groups is 3. The summed E-state index contributed by atoms with van der Waals surface area (Å²) in [5.41, 5.74) is -6.89. The summed E-state index contributed by atoms with van der Waals surface area (Å²) in [4.78, 5) is 36.4. The molecular formula is C76H86F20N2O15S2. The number of rotatable bonds is 24. The third-order valence-electron chi connectivity index (χ3n) is 17.3. The summed E-state index contributed by atoms with van der Waals surface area (Å²) < 4.78 is 336. The number of aliphatic hydroxyl groups is 2. The van der Waals surface area contributed by atoms with Crippen molar-refractivity contribution in [2.45, 2.75) is 149 Å². The number of hydrogen-bond acceptors (Lipinski definition) is 15. The minimum absolute atomic E-state index is 0.0134. The van der Waals surface area contributed by atoms with Crippen molar-refractivity contribution >= 4 is 56.4 Å². The molecule has 5 aromatic rings. The normalized spacial score (nSPS) is 18.5. The molecule has 4 fully saturated rings. The fourth-order valence-electron chi connectivity index (χ4n) is 12.1. The molecule has 4 bridgehead atoms. The Bertz CT molecular complexity index is 4160. The van der Waals surface area contributed by atoms with Crippen LogP contribution in [0.25, 0.3) is 18.2 Å². The number of carbonyl (C=O) groups excluding carboxylic acids is 3. The lowest BCUT2D eigenvalue weighted by atomic mass is 9.48. The van der Waals surface area contributed by atoms with Gasteiger partial charge in [-0.1, -0.05) is 166 Å². The topological polar surface area (TPSA) is 243 Å². The van der Waals surface area contributed by atoms with Crippen LogP contribution in [0.15, 0.2) is 165 Å². The first kappa shape index (κ1) is 101. The van der Waals surface area contributed by atoms with Crippen molar-refractivity contribution in [3.63, 3.8) is 0 Å². The smallest absolute Gasteiger partial charge is 0.432 e. The summed E-state index contributed by atoms with van der Waals surface area (Å²) in [6.07, 6.45) is -37.2. The molecule has 4 aliphatic rings. The molecule has 4 aliphatic carbocycles. The molecule has 0 heterocycles. The van der Waals surface area contributed by atoms with E-state index in [1.165, 1.54) is 84.8 Å². The summed E-state index contributed by atoms with van der Waals surface area (Å²) >= 11 is 0. The lowest BCUT2D eigenvalue weighted by Gasteiger charge is -2.59. The molecule has 115 heavy (non-hydrogen) atoms. The molecule has 39 heteroatoms. The Balaban J connectivity index is 0.000000367. The molecule has 17 nitrogen and oxygen atoms in total. The highest BCUT2D eigenvalue weighted by Crippen LogP contribution is 2.63. The number of halogens is 20. The maximum atomic E-state index is 13.2. The highest BCUT2D eigenvalue weighted by molar-refractivity contribution is 7.86. The van der Waals surface area contributed by atoms with Crippen molar-refractivity contribution in [2.75, 3.05) is 54.6 Å². The number of nitrogens with zero attached hydrogens (tertiary/aromatic N) is 2. The van der Waals surface area contributed by atoms with Gasteiger partial charge in [-0.3, -0.25) is 4.79 Å². The summed E-state index contributed by atoms with van der Waals surface area (Å²) in [6, 6.07) is 37.4. The van der Waals surface area contributed by atoms with Crippen molar-refractivity contribution in [3.05, 3.63) is 210 Å². The van der Waals surface area contributed by atoms with Crippen LogP contribution < -0.4 is 0 Å². The minimum Gasteiger partial charge on any atom is -0.748 e. The zero-order valence-electron chi connectivity index (χ0n) is 62.7. The first-order chi connectivity index (χ1) is 52.1. The van der Waals surface area contributed by atoms with Crippen LogP contribution in [0, 0.1) is 17.3 Å². The number of quaternary nitrogens is 2. The largest absolute Gasteiger partial charge is 0.748 e. The first-order valence-corrected chi connectivity index (χ1v) is 36.9. The van der Waals surface area contributed by atoms with Crippen LogP contribution in [0.1, 0.15) is 101 Å². The predicted molar refractivity (Wildman–Crippen MR) is 379 cm³/mol. The zero-order chi connectivity index (χ0) is 88.4. The van der Waals surface area contributed by atoms with Crippen LogP contribution in [0.2, 0.25) is 0 Å². The van der Waals surface area contributed by atoms with Crippen molar-refractivity contribution in [2.24, 2.45) is 17.3 Å². The molecule has 0 aliphatic heterocycles. The van der Waals surface area contributed by atoms with E-state index in [4.69, 9.17) is 14.9 Å². The monoisotopic (exact) mass is 1710 g/mol. The van der Waals surface area contributed by atoms with Crippen LogP contribution in [0.4, 0.5) is 87.8 Å². The molecule has 4 atom stereocenters. The lowest BCUT2D eigenvalue weighted by molar-refractivity contribution is -0.884. The fraction of sp³-hybridized carbons (Fsp3) is 0.461. The zero-order valence-corrected chi connectivity index (χ0v) is 64.4. The van der Waals surface area contributed by atoms with E-state index in [0.29, 0.717) is 29.5 Å². The molecule has 0 spiro atoms. The van der Waals surface area contributed by atoms with Gasteiger partial charge in [0.1, 0.15) is 18.7 Å². The molecule has 4 saturated carbocycles. The molecular weight excluding hydrogens is 1620 g/mol. The van der Waals surface area contributed by atoms with Crippen LogP contribution >= 0.6 is 0 Å². The Morgan fingerprint density at radius 2 is 0.922 bits per heavy atom. The molecule has 9 rings (SSSR count). The van der Waals surface area contributed by atoms with Crippen molar-refractivity contribution < 1.29 is 166 Å². The van der Waals surface area contributed by atoms with E-state index in [2.05, 4.69) is 143 Å². The van der Waals surface area contributed by atoms with E-state index >= 15 is 0 Å². The van der Waals surface area contributed by atoms with Crippen LogP contribution in [-0.4, -0.2) is 189 Å². The lowest BCUT2D eigenvalue weighted by Crippen LogP contribution is -2.60.